The van der Waals surface area contributed by atoms with Gasteiger partial charge in [-0.1, -0.05) is 19.1 Å². The van der Waals surface area contributed by atoms with Gasteiger partial charge in [0.2, 0.25) is 0 Å². The van der Waals surface area contributed by atoms with E-state index in [4.69, 9.17) is 4.74 Å². The number of amides is 1. The number of nitrogens with zero attached hydrogens (tertiary/aromatic N) is 1. The Morgan fingerprint density at radius 1 is 1.30 bits per heavy atom. The molecule has 0 spiro atoms. The number of benzene rings is 1. The average molecular weight is 297 g/mol. The molecule has 0 saturated carbocycles. The minimum Gasteiger partial charge on any atom is -0.493 e. The highest BCUT2D eigenvalue weighted by Gasteiger charge is 2.39. The van der Waals surface area contributed by atoms with Crippen LogP contribution in [0.1, 0.15) is 24.2 Å². The lowest BCUT2D eigenvalue weighted by molar-refractivity contribution is 0.0655. The first-order valence-corrected chi connectivity index (χ1v) is 8.43. The van der Waals surface area contributed by atoms with Crippen LogP contribution in [0.2, 0.25) is 0 Å². The van der Waals surface area contributed by atoms with E-state index in [1.54, 1.807) is 30.0 Å². The molecule has 2 rings (SSSR count). The van der Waals surface area contributed by atoms with Gasteiger partial charge in [0.05, 0.1) is 17.4 Å². The Morgan fingerprint density at radius 2 is 1.95 bits per heavy atom. The lowest BCUT2D eigenvalue weighted by Gasteiger charge is -2.38. The topological polar surface area (TPSA) is 63.7 Å². The van der Waals surface area contributed by atoms with Gasteiger partial charge in [-0.25, -0.2) is 8.42 Å². The van der Waals surface area contributed by atoms with E-state index in [-0.39, 0.29) is 24.7 Å². The van der Waals surface area contributed by atoms with Gasteiger partial charge in [-0.3, -0.25) is 4.79 Å². The Hall–Kier alpha value is -1.56. The summed E-state index contributed by atoms with van der Waals surface area (Å²) in [5.41, 5.74) is 0.488. The van der Waals surface area contributed by atoms with Gasteiger partial charge in [0.25, 0.3) is 5.91 Å². The summed E-state index contributed by atoms with van der Waals surface area (Å²) in [7, 11) is -3.06. The predicted octanol–water partition coefficient (Wildman–Crippen LogP) is 1.34. The quantitative estimate of drug-likeness (QED) is 0.823. The second-order valence-corrected chi connectivity index (χ2v) is 7.28. The maximum absolute atomic E-state index is 12.3. The molecule has 20 heavy (non-hydrogen) atoms. The van der Waals surface area contributed by atoms with Crippen molar-refractivity contribution >= 4 is 15.7 Å². The molecule has 0 aliphatic carbocycles. The minimum absolute atomic E-state index is 0.120. The predicted molar refractivity (Wildman–Crippen MR) is 76.8 cm³/mol. The largest absolute Gasteiger partial charge is 0.493 e. The molecule has 0 aromatic heterocycles. The van der Waals surface area contributed by atoms with Crippen LogP contribution in [-0.2, 0) is 9.84 Å². The molecule has 1 saturated heterocycles. The number of para-hydroxylation sites is 1. The Bertz CT molecular complexity index is 591. The molecule has 1 aromatic carbocycles. The van der Waals surface area contributed by atoms with Gasteiger partial charge in [0, 0.05) is 18.8 Å². The van der Waals surface area contributed by atoms with Crippen LogP contribution in [0, 0.1) is 0 Å². The molecule has 0 bridgehead atoms. The van der Waals surface area contributed by atoms with Crippen LogP contribution in [-0.4, -0.2) is 49.9 Å². The first-order chi connectivity index (χ1) is 9.49. The fraction of sp³-hybridized carbons (Fsp3) is 0.500. The van der Waals surface area contributed by atoms with E-state index < -0.39 is 15.1 Å². The van der Waals surface area contributed by atoms with Crippen molar-refractivity contribution in [3.63, 3.8) is 0 Å². The number of likely N-dealkylation sites (tertiary alicyclic amines) is 1. The normalized spacial score (nSPS) is 15.8. The number of carbonyl (C=O) groups is 1. The van der Waals surface area contributed by atoms with Crippen molar-refractivity contribution in [2.45, 2.75) is 19.1 Å². The van der Waals surface area contributed by atoms with E-state index in [2.05, 4.69) is 0 Å². The van der Waals surface area contributed by atoms with Crippen molar-refractivity contribution in [3.8, 4) is 5.75 Å². The fourth-order valence-corrected chi connectivity index (χ4v) is 3.45. The molecule has 0 N–H and O–H groups in total. The summed E-state index contributed by atoms with van der Waals surface area (Å²) in [5.74, 6) is 0.494. The fourth-order valence-electron chi connectivity index (χ4n) is 2.16. The Morgan fingerprint density at radius 3 is 2.55 bits per heavy atom. The van der Waals surface area contributed by atoms with Crippen LogP contribution in [0.15, 0.2) is 24.3 Å². The standard InChI is InChI=1S/C14H19NO4S/c1-3-19-13-8-6-5-7-12(13)14(16)15-9-11(10-15)20(17,18)4-2/h5-8,11H,3-4,9-10H2,1-2H3. The molecule has 0 atom stereocenters. The SMILES string of the molecule is CCOc1ccccc1C(=O)N1CC(S(=O)(=O)CC)C1. The number of carbonyl (C=O) groups excluding carboxylic acids is 1. The summed E-state index contributed by atoms with van der Waals surface area (Å²) in [6.07, 6.45) is 0. The van der Waals surface area contributed by atoms with Crippen molar-refractivity contribution in [3.05, 3.63) is 29.8 Å². The van der Waals surface area contributed by atoms with E-state index in [1.165, 1.54) is 0 Å². The summed E-state index contributed by atoms with van der Waals surface area (Å²) in [6.45, 7) is 4.51. The molecule has 1 aliphatic rings. The number of sulfone groups is 1. The number of rotatable bonds is 5. The van der Waals surface area contributed by atoms with Crippen LogP contribution in [0.4, 0.5) is 0 Å². The van der Waals surface area contributed by atoms with Crippen LogP contribution < -0.4 is 4.74 Å². The van der Waals surface area contributed by atoms with Crippen molar-refractivity contribution in [1.82, 2.24) is 4.90 Å². The third-order valence-corrected chi connectivity index (χ3v) is 5.58. The number of hydrogen-bond donors (Lipinski definition) is 0. The van der Waals surface area contributed by atoms with Gasteiger partial charge in [-0.05, 0) is 19.1 Å². The Labute approximate surface area is 119 Å². The highest BCUT2D eigenvalue weighted by atomic mass is 32.2. The van der Waals surface area contributed by atoms with Crippen molar-refractivity contribution in [2.75, 3.05) is 25.4 Å². The summed E-state index contributed by atoms with van der Waals surface area (Å²) >= 11 is 0. The highest BCUT2D eigenvalue weighted by molar-refractivity contribution is 7.92. The zero-order valence-electron chi connectivity index (χ0n) is 11.7. The second-order valence-electron chi connectivity index (χ2n) is 4.71. The number of hydrogen-bond acceptors (Lipinski definition) is 4. The van der Waals surface area contributed by atoms with Crippen molar-refractivity contribution in [2.24, 2.45) is 0 Å². The molecule has 1 heterocycles. The molecular formula is C14H19NO4S. The first-order valence-electron chi connectivity index (χ1n) is 6.72. The summed E-state index contributed by atoms with van der Waals surface area (Å²) < 4.78 is 28.8. The average Bonchev–Trinajstić information content (AvgIpc) is 2.37. The summed E-state index contributed by atoms with van der Waals surface area (Å²) in [6, 6.07) is 7.03. The lowest BCUT2D eigenvalue weighted by atomic mass is 10.1. The maximum Gasteiger partial charge on any atom is 0.257 e. The zero-order chi connectivity index (χ0) is 14.8. The highest BCUT2D eigenvalue weighted by Crippen LogP contribution is 2.24. The molecule has 1 amide bonds. The van der Waals surface area contributed by atoms with Crippen LogP contribution in [0.3, 0.4) is 0 Å². The third kappa shape index (κ3) is 2.80. The minimum atomic E-state index is -3.06. The van der Waals surface area contributed by atoms with Crippen molar-refractivity contribution in [1.29, 1.82) is 0 Å². The first kappa shape index (κ1) is 14.8. The van der Waals surface area contributed by atoms with Gasteiger partial charge in [0.15, 0.2) is 9.84 Å². The van der Waals surface area contributed by atoms with E-state index in [9.17, 15) is 13.2 Å². The molecule has 5 nitrogen and oxygen atoms in total. The summed E-state index contributed by atoms with van der Waals surface area (Å²) in [4.78, 5) is 13.9. The van der Waals surface area contributed by atoms with Gasteiger partial charge in [-0.15, -0.1) is 0 Å². The molecule has 6 heteroatoms. The molecular weight excluding hydrogens is 278 g/mol. The molecule has 1 aliphatic heterocycles. The van der Waals surface area contributed by atoms with Gasteiger partial charge in [0.1, 0.15) is 5.75 Å². The monoisotopic (exact) mass is 297 g/mol. The van der Waals surface area contributed by atoms with E-state index in [0.29, 0.717) is 17.9 Å². The van der Waals surface area contributed by atoms with Crippen LogP contribution in [0.5, 0.6) is 5.75 Å². The van der Waals surface area contributed by atoms with E-state index in [0.717, 1.165) is 0 Å². The Kier molecular flexibility index (Phi) is 4.32. The zero-order valence-corrected chi connectivity index (χ0v) is 12.5. The van der Waals surface area contributed by atoms with E-state index >= 15 is 0 Å². The van der Waals surface area contributed by atoms with Gasteiger partial charge < -0.3 is 9.64 Å². The van der Waals surface area contributed by atoms with Gasteiger partial charge in [-0.2, -0.15) is 0 Å². The third-order valence-electron chi connectivity index (χ3n) is 3.46. The molecule has 110 valence electrons. The molecule has 1 aromatic rings. The van der Waals surface area contributed by atoms with Crippen molar-refractivity contribution < 1.29 is 17.9 Å². The van der Waals surface area contributed by atoms with E-state index in [1.807, 2.05) is 13.0 Å². The van der Waals surface area contributed by atoms with Gasteiger partial charge >= 0.3 is 0 Å². The smallest absolute Gasteiger partial charge is 0.257 e. The number of ether oxygens (including phenoxy) is 1. The summed E-state index contributed by atoms with van der Waals surface area (Å²) in [5, 5.41) is -0.421. The molecule has 1 fully saturated rings. The molecule has 0 unspecified atom stereocenters. The molecule has 0 radical (unpaired) electrons. The van der Waals surface area contributed by atoms with Crippen LogP contribution in [0.25, 0.3) is 0 Å². The lowest BCUT2D eigenvalue weighted by Crippen LogP contribution is -2.57. The second kappa shape index (κ2) is 5.83. The Balaban J connectivity index is 2.08. The maximum atomic E-state index is 12.3. The van der Waals surface area contributed by atoms with Crippen LogP contribution >= 0.6 is 0 Å².